The van der Waals surface area contributed by atoms with Gasteiger partial charge in [0.2, 0.25) is 5.91 Å². The van der Waals surface area contributed by atoms with Gasteiger partial charge < -0.3 is 19.3 Å². The first-order valence-electron chi connectivity index (χ1n) is 11.1. The molecule has 33 heavy (non-hydrogen) atoms. The van der Waals surface area contributed by atoms with Crippen LogP contribution in [0.2, 0.25) is 0 Å². The fourth-order valence-electron chi connectivity index (χ4n) is 4.31. The van der Waals surface area contributed by atoms with Crippen molar-refractivity contribution >= 4 is 11.8 Å². The Morgan fingerprint density at radius 1 is 1.18 bits per heavy atom. The van der Waals surface area contributed by atoms with E-state index in [1.165, 1.54) is 18.2 Å². The number of carbonyl (C=O) groups is 2. The van der Waals surface area contributed by atoms with Crippen LogP contribution < -0.4 is 9.47 Å². The van der Waals surface area contributed by atoms with Crippen LogP contribution in [0.5, 0.6) is 11.5 Å². The van der Waals surface area contributed by atoms with Crippen LogP contribution in [0.3, 0.4) is 0 Å². The van der Waals surface area contributed by atoms with Gasteiger partial charge >= 0.3 is 6.61 Å². The van der Waals surface area contributed by atoms with Gasteiger partial charge in [0.25, 0.3) is 5.91 Å². The maximum absolute atomic E-state index is 13.4. The Kier molecular flexibility index (Phi) is 8.25. The highest BCUT2D eigenvalue weighted by Gasteiger charge is 2.34. The molecule has 0 bridgehead atoms. The first-order chi connectivity index (χ1) is 15.8. The van der Waals surface area contributed by atoms with Crippen molar-refractivity contribution in [2.45, 2.75) is 39.3 Å². The summed E-state index contributed by atoms with van der Waals surface area (Å²) in [5.41, 5.74) is 1.04. The number of hydrogen-bond donors (Lipinski definition) is 0. The molecular weight excluding hydrogens is 430 g/mol. The lowest BCUT2D eigenvalue weighted by molar-refractivity contribution is -0.139. The average Bonchev–Trinajstić information content (AvgIpc) is 2.84. The summed E-state index contributed by atoms with van der Waals surface area (Å²) < 4.78 is 35.3. The van der Waals surface area contributed by atoms with E-state index in [0.717, 1.165) is 11.3 Å². The molecule has 3 rings (SSSR count). The molecule has 1 aliphatic rings. The van der Waals surface area contributed by atoms with Gasteiger partial charge in [0, 0.05) is 19.6 Å². The van der Waals surface area contributed by atoms with E-state index in [0.29, 0.717) is 25.9 Å². The Hall–Kier alpha value is -3.16. The summed E-state index contributed by atoms with van der Waals surface area (Å²) >= 11 is 0. The summed E-state index contributed by atoms with van der Waals surface area (Å²) in [6, 6.07) is 13.4. The summed E-state index contributed by atoms with van der Waals surface area (Å²) in [5, 5.41) is 0. The van der Waals surface area contributed by atoms with E-state index in [-0.39, 0.29) is 35.7 Å². The molecule has 1 aliphatic heterocycles. The van der Waals surface area contributed by atoms with Gasteiger partial charge in [-0.1, -0.05) is 24.3 Å². The lowest BCUT2D eigenvalue weighted by Gasteiger charge is -2.37. The highest BCUT2D eigenvalue weighted by atomic mass is 19.3. The number of rotatable bonds is 8. The molecule has 8 heteroatoms. The zero-order chi connectivity index (χ0) is 24.0. The largest absolute Gasteiger partial charge is 0.497 e. The van der Waals surface area contributed by atoms with E-state index < -0.39 is 12.5 Å². The van der Waals surface area contributed by atoms with Crippen LogP contribution in [0.15, 0.2) is 48.5 Å². The Labute approximate surface area is 193 Å². The van der Waals surface area contributed by atoms with Gasteiger partial charge in [0.15, 0.2) is 0 Å². The van der Waals surface area contributed by atoms with Crippen molar-refractivity contribution in [2.75, 3.05) is 26.7 Å². The van der Waals surface area contributed by atoms with Gasteiger partial charge in [0.05, 0.1) is 24.6 Å². The highest BCUT2D eigenvalue weighted by molar-refractivity contribution is 5.97. The van der Waals surface area contributed by atoms with Crippen LogP contribution in [-0.2, 0) is 4.79 Å². The molecule has 2 unspecified atom stereocenters. The number of halogens is 2. The van der Waals surface area contributed by atoms with E-state index >= 15 is 0 Å². The first kappa shape index (κ1) is 24.5. The Morgan fingerprint density at radius 2 is 1.94 bits per heavy atom. The van der Waals surface area contributed by atoms with Crippen molar-refractivity contribution in [2.24, 2.45) is 5.92 Å². The predicted molar refractivity (Wildman–Crippen MR) is 120 cm³/mol. The monoisotopic (exact) mass is 460 g/mol. The molecule has 0 aliphatic carbocycles. The first-order valence-corrected chi connectivity index (χ1v) is 11.1. The van der Waals surface area contributed by atoms with Crippen molar-refractivity contribution in [3.8, 4) is 11.5 Å². The van der Waals surface area contributed by atoms with Crippen molar-refractivity contribution in [3.63, 3.8) is 0 Å². The number of nitrogens with zero attached hydrogens (tertiary/aromatic N) is 2. The fourth-order valence-corrected chi connectivity index (χ4v) is 4.31. The van der Waals surface area contributed by atoms with Crippen LogP contribution in [0, 0.1) is 5.92 Å². The van der Waals surface area contributed by atoms with Crippen LogP contribution in [-0.4, -0.2) is 55.0 Å². The molecule has 2 aromatic rings. The number of hydrogen-bond acceptors (Lipinski definition) is 4. The standard InChI is InChI=1S/C25H30F2N2O4/c1-4-29(17(2)18-9-7-11-20(15-18)32-3)23(30)19-10-8-14-28(16-19)24(31)21-12-5-6-13-22(21)33-25(26)27/h5-7,9,11-13,15,17,19,25H,4,8,10,14,16H2,1-3H3. The quantitative estimate of drug-likeness (QED) is 0.570. The van der Waals surface area contributed by atoms with E-state index in [1.807, 2.05) is 38.1 Å². The van der Waals surface area contributed by atoms with E-state index in [2.05, 4.69) is 4.74 Å². The molecule has 0 N–H and O–H groups in total. The molecule has 1 saturated heterocycles. The van der Waals surface area contributed by atoms with Crippen LogP contribution in [0.25, 0.3) is 0 Å². The topological polar surface area (TPSA) is 59.1 Å². The Bertz CT molecular complexity index is 969. The second-order valence-electron chi connectivity index (χ2n) is 8.04. The molecule has 0 saturated carbocycles. The van der Waals surface area contributed by atoms with Gasteiger partial charge in [-0.2, -0.15) is 8.78 Å². The molecule has 1 fully saturated rings. The summed E-state index contributed by atoms with van der Waals surface area (Å²) in [6.45, 7) is 2.10. The van der Waals surface area contributed by atoms with Crippen LogP contribution in [0.4, 0.5) is 8.78 Å². The minimum atomic E-state index is -3.02. The van der Waals surface area contributed by atoms with Gasteiger partial charge in [0.1, 0.15) is 11.5 Å². The molecule has 2 amide bonds. The molecule has 0 aromatic heterocycles. The van der Waals surface area contributed by atoms with Crippen LogP contribution in [0.1, 0.15) is 48.7 Å². The number of para-hydroxylation sites is 1. The lowest BCUT2D eigenvalue weighted by atomic mass is 9.94. The number of benzene rings is 2. The summed E-state index contributed by atoms with van der Waals surface area (Å²) in [6.07, 6.45) is 1.32. The normalized spacial score (nSPS) is 16.9. The fraction of sp³-hybridized carbons (Fsp3) is 0.440. The molecular formula is C25H30F2N2O4. The summed E-state index contributed by atoms with van der Waals surface area (Å²) in [4.78, 5) is 29.9. The third-order valence-electron chi connectivity index (χ3n) is 6.06. The zero-order valence-corrected chi connectivity index (χ0v) is 19.2. The number of methoxy groups -OCH3 is 1. The maximum atomic E-state index is 13.4. The number of carbonyl (C=O) groups excluding carboxylic acids is 2. The zero-order valence-electron chi connectivity index (χ0n) is 19.2. The molecule has 0 spiro atoms. The third-order valence-corrected chi connectivity index (χ3v) is 6.06. The minimum absolute atomic E-state index is 0.0255. The third kappa shape index (κ3) is 5.80. The second kappa shape index (κ2) is 11.1. The smallest absolute Gasteiger partial charge is 0.387 e. The number of alkyl halides is 2. The van der Waals surface area contributed by atoms with Gasteiger partial charge in [-0.3, -0.25) is 9.59 Å². The molecule has 6 nitrogen and oxygen atoms in total. The number of amides is 2. The molecule has 2 atom stereocenters. The minimum Gasteiger partial charge on any atom is -0.497 e. The maximum Gasteiger partial charge on any atom is 0.387 e. The number of piperidine rings is 1. The lowest BCUT2D eigenvalue weighted by Crippen LogP contribution is -2.47. The van der Waals surface area contributed by atoms with E-state index in [4.69, 9.17) is 4.74 Å². The average molecular weight is 461 g/mol. The van der Waals surface area contributed by atoms with Crippen molar-refractivity contribution in [1.29, 1.82) is 0 Å². The van der Waals surface area contributed by atoms with E-state index in [9.17, 15) is 18.4 Å². The number of ether oxygens (including phenoxy) is 2. The highest BCUT2D eigenvalue weighted by Crippen LogP contribution is 2.29. The summed E-state index contributed by atoms with van der Waals surface area (Å²) in [5.74, 6) is -0.233. The second-order valence-corrected chi connectivity index (χ2v) is 8.04. The van der Waals surface area contributed by atoms with Gasteiger partial charge in [-0.25, -0.2) is 0 Å². The predicted octanol–water partition coefficient (Wildman–Crippen LogP) is 4.76. The van der Waals surface area contributed by atoms with E-state index in [1.54, 1.807) is 23.0 Å². The molecule has 1 heterocycles. The Morgan fingerprint density at radius 3 is 2.64 bits per heavy atom. The SMILES string of the molecule is CCN(C(=O)C1CCCN(C(=O)c2ccccc2OC(F)F)C1)C(C)c1cccc(OC)c1. The van der Waals surface area contributed by atoms with Gasteiger partial charge in [-0.05, 0) is 56.5 Å². The van der Waals surface area contributed by atoms with Crippen LogP contribution >= 0.6 is 0 Å². The number of likely N-dealkylation sites (tertiary alicyclic amines) is 1. The molecule has 178 valence electrons. The van der Waals surface area contributed by atoms with Gasteiger partial charge in [-0.15, -0.1) is 0 Å². The van der Waals surface area contributed by atoms with Crippen molar-refractivity contribution < 1.29 is 27.8 Å². The van der Waals surface area contributed by atoms with Crippen molar-refractivity contribution in [3.05, 3.63) is 59.7 Å². The molecule has 2 aromatic carbocycles. The summed E-state index contributed by atoms with van der Waals surface area (Å²) in [7, 11) is 1.60. The van der Waals surface area contributed by atoms with Crippen molar-refractivity contribution in [1.82, 2.24) is 9.80 Å². The Balaban J connectivity index is 1.75. The molecule has 0 radical (unpaired) electrons.